The summed E-state index contributed by atoms with van der Waals surface area (Å²) >= 11 is 0. The first-order valence-corrected chi connectivity index (χ1v) is 4.88. The molecule has 4 nitrogen and oxygen atoms in total. The first kappa shape index (κ1) is 13.4. The number of ether oxygens (including phenoxy) is 3. The summed E-state index contributed by atoms with van der Waals surface area (Å²) in [5, 5.41) is 0. The fourth-order valence-corrected chi connectivity index (χ4v) is 0.890. The maximum absolute atomic E-state index is 11.1. The van der Waals surface area contributed by atoms with Crippen LogP contribution in [0.3, 0.4) is 0 Å². The minimum Gasteiger partial charge on any atom is -0.466 e. The van der Waals surface area contributed by atoms with Crippen LogP contribution in [0.2, 0.25) is 0 Å². The van der Waals surface area contributed by atoms with Crippen molar-refractivity contribution in [3.05, 3.63) is 0 Å². The van der Waals surface area contributed by atoms with Crippen molar-refractivity contribution in [1.29, 1.82) is 0 Å². The first-order valence-electron chi connectivity index (χ1n) is 4.88. The number of carbonyl (C=O) groups is 1. The fraction of sp³-hybridized carbons (Fsp3) is 0.900. The lowest BCUT2D eigenvalue weighted by Gasteiger charge is -2.09. The molecule has 0 rings (SSSR count). The SMILES string of the molecule is COCCCC(=O)OCCC(C)OC. The van der Waals surface area contributed by atoms with Gasteiger partial charge < -0.3 is 14.2 Å². The summed E-state index contributed by atoms with van der Waals surface area (Å²) < 4.78 is 14.8. The predicted octanol–water partition coefficient (Wildman–Crippen LogP) is 1.38. The van der Waals surface area contributed by atoms with E-state index in [1.807, 2.05) is 6.92 Å². The zero-order chi connectivity index (χ0) is 10.8. The second kappa shape index (κ2) is 8.97. The van der Waals surface area contributed by atoms with E-state index >= 15 is 0 Å². The van der Waals surface area contributed by atoms with Crippen LogP contribution in [0.4, 0.5) is 0 Å². The summed E-state index contributed by atoms with van der Waals surface area (Å²) in [5.74, 6) is -0.162. The van der Waals surface area contributed by atoms with E-state index in [1.54, 1.807) is 14.2 Å². The quantitative estimate of drug-likeness (QED) is 0.442. The van der Waals surface area contributed by atoms with Crippen LogP contribution in [0, 0.1) is 0 Å². The normalized spacial score (nSPS) is 12.5. The van der Waals surface area contributed by atoms with Gasteiger partial charge in [-0.1, -0.05) is 0 Å². The highest BCUT2D eigenvalue weighted by Gasteiger charge is 2.04. The zero-order valence-corrected chi connectivity index (χ0v) is 9.25. The Morgan fingerprint density at radius 3 is 2.57 bits per heavy atom. The summed E-state index contributed by atoms with van der Waals surface area (Å²) in [7, 11) is 3.26. The van der Waals surface area contributed by atoms with E-state index in [0.717, 1.165) is 12.8 Å². The lowest BCUT2D eigenvalue weighted by molar-refractivity contribution is -0.144. The number of hydrogen-bond donors (Lipinski definition) is 0. The Balaban J connectivity index is 3.26. The van der Waals surface area contributed by atoms with Gasteiger partial charge in [0.1, 0.15) is 0 Å². The summed E-state index contributed by atoms with van der Waals surface area (Å²) in [6.45, 7) is 2.98. The van der Waals surface area contributed by atoms with E-state index in [2.05, 4.69) is 0 Å². The van der Waals surface area contributed by atoms with Gasteiger partial charge in [0.05, 0.1) is 12.7 Å². The third-order valence-electron chi connectivity index (χ3n) is 1.92. The Hall–Kier alpha value is -0.610. The second-order valence-corrected chi connectivity index (χ2v) is 3.15. The lowest BCUT2D eigenvalue weighted by Crippen LogP contribution is -2.12. The standard InChI is InChI=1S/C10H20O4/c1-9(13-3)6-8-14-10(11)5-4-7-12-2/h9H,4-8H2,1-3H3. The molecule has 84 valence electrons. The van der Waals surface area contributed by atoms with E-state index in [9.17, 15) is 4.79 Å². The molecule has 1 unspecified atom stereocenters. The summed E-state index contributed by atoms with van der Waals surface area (Å²) in [4.78, 5) is 11.1. The molecule has 0 amide bonds. The van der Waals surface area contributed by atoms with Crippen LogP contribution in [0.25, 0.3) is 0 Å². The molecule has 14 heavy (non-hydrogen) atoms. The number of rotatable bonds is 8. The summed E-state index contributed by atoms with van der Waals surface area (Å²) in [6, 6.07) is 0. The van der Waals surface area contributed by atoms with Gasteiger partial charge in [0.15, 0.2) is 0 Å². The van der Waals surface area contributed by atoms with Gasteiger partial charge in [0.2, 0.25) is 0 Å². The summed E-state index contributed by atoms with van der Waals surface area (Å²) in [6.07, 6.45) is 2.03. The molecule has 0 aliphatic rings. The molecule has 0 aromatic carbocycles. The fourth-order valence-electron chi connectivity index (χ4n) is 0.890. The van der Waals surface area contributed by atoms with Crippen LogP contribution in [0.15, 0.2) is 0 Å². The number of methoxy groups -OCH3 is 2. The number of carbonyl (C=O) groups excluding carboxylic acids is 1. The molecule has 0 aliphatic carbocycles. The van der Waals surface area contributed by atoms with Crippen molar-refractivity contribution in [2.75, 3.05) is 27.4 Å². The third-order valence-corrected chi connectivity index (χ3v) is 1.92. The van der Waals surface area contributed by atoms with E-state index < -0.39 is 0 Å². The molecule has 0 aromatic heterocycles. The van der Waals surface area contributed by atoms with E-state index in [4.69, 9.17) is 14.2 Å². The van der Waals surface area contributed by atoms with Crippen molar-refractivity contribution in [1.82, 2.24) is 0 Å². The topological polar surface area (TPSA) is 44.8 Å². The van der Waals surface area contributed by atoms with Gasteiger partial charge >= 0.3 is 5.97 Å². The van der Waals surface area contributed by atoms with Crippen LogP contribution in [-0.4, -0.2) is 39.5 Å². The average Bonchev–Trinajstić information content (AvgIpc) is 2.18. The monoisotopic (exact) mass is 204 g/mol. The van der Waals surface area contributed by atoms with Crippen LogP contribution in [-0.2, 0) is 19.0 Å². The third kappa shape index (κ3) is 8.01. The maximum atomic E-state index is 11.1. The van der Waals surface area contributed by atoms with E-state index in [-0.39, 0.29) is 12.1 Å². The predicted molar refractivity (Wildman–Crippen MR) is 53.2 cm³/mol. The van der Waals surface area contributed by atoms with Crippen LogP contribution < -0.4 is 0 Å². The van der Waals surface area contributed by atoms with Gasteiger partial charge in [-0.25, -0.2) is 0 Å². The van der Waals surface area contributed by atoms with E-state index in [1.165, 1.54) is 0 Å². The van der Waals surface area contributed by atoms with Crippen molar-refractivity contribution < 1.29 is 19.0 Å². The van der Waals surface area contributed by atoms with Crippen LogP contribution in [0.1, 0.15) is 26.2 Å². The van der Waals surface area contributed by atoms with Gasteiger partial charge in [0, 0.05) is 33.7 Å². The Morgan fingerprint density at radius 2 is 2.00 bits per heavy atom. The molecular formula is C10H20O4. The van der Waals surface area contributed by atoms with Gasteiger partial charge in [0.25, 0.3) is 0 Å². The molecule has 0 saturated heterocycles. The lowest BCUT2D eigenvalue weighted by atomic mass is 10.3. The molecule has 4 heteroatoms. The van der Waals surface area contributed by atoms with Gasteiger partial charge in [-0.15, -0.1) is 0 Å². The molecule has 0 bridgehead atoms. The van der Waals surface area contributed by atoms with Crippen molar-refractivity contribution >= 4 is 5.97 Å². The average molecular weight is 204 g/mol. The molecule has 0 radical (unpaired) electrons. The molecular weight excluding hydrogens is 184 g/mol. The van der Waals surface area contributed by atoms with Crippen LogP contribution >= 0.6 is 0 Å². The molecule has 0 heterocycles. The molecule has 0 aliphatic heterocycles. The highest BCUT2D eigenvalue weighted by atomic mass is 16.5. The Labute approximate surface area is 85.5 Å². The van der Waals surface area contributed by atoms with Crippen molar-refractivity contribution in [2.45, 2.75) is 32.3 Å². The van der Waals surface area contributed by atoms with Crippen LogP contribution in [0.5, 0.6) is 0 Å². The Bertz CT molecular complexity index is 147. The number of esters is 1. The minimum absolute atomic E-state index is 0.141. The van der Waals surface area contributed by atoms with Crippen molar-refractivity contribution in [3.8, 4) is 0 Å². The zero-order valence-electron chi connectivity index (χ0n) is 9.25. The molecule has 1 atom stereocenters. The van der Waals surface area contributed by atoms with E-state index in [0.29, 0.717) is 19.6 Å². The van der Waals surface area contributed by atoms with Crippen molar-refractivity contribution in [3.63, 3.8) is 0 Å². The highest BCUT2D eigenvalue weighted by molar-refractivity contribution is 5.69. The molecule has 0 fully saturated rings. The largest absolute Gasteiger partial charge is 0.466 e. The number of hydrogen-bond acceptors (Lipinski definition) is 4. The van der Waals surface area contributed by atoms with Crippen molar-refractivity contribution in [2.24, 2.45) is 0 Å². The summed E-state index contributed by atoms with van der Waals surface area (Å²) in [5.41, 5.74) is 0. The Morgan fingerprint density at radius 1 is 1.29 bits per heavy atom. The van der Waals surface area contributed by atoms with Gasteiger partial charge in [-0.3, -0.25) is 4.79 Å². The minimum atomic E-state index is -0.162. The smallest absolute Gasteiger partial charge is 0.305 e. The van der Waals surface area contributed by atoms with Gasteiger partial charge in [-0.05, 0) is 13.3 Å². The molecule has 0 aromatic rings. The first-order chi connectivity index (χ1) is 6.70. The van der Waals surface area contributed by atoms with Gasteiger partial charge in [-0.2, -0.15) is 0 Å². The Kier molecular flexibility index (Phi) is 8.57. The maximum Gasteiger partial charge on any atom is 0.305 e. The molecule has 0 saturated carbocycles. The molecule has 0 N–H and O–H groups in total. The second-order valence-electron chi connectivity index (χ2n) is 3.15. The highest BCUT2D eigenvalue weighted by Crippen LogP contribution is 1.98. The molecule has 0 spiro atoms.